The molecule has 3 N–H and O–H groups in total. The van der Waals surface area contributed by atoms with Gasteiger partial charge < -0.3 is 10.8 Å². The smallest absolute Gasteiger partial charge is 0.0647 e. The summed E-state index contributed by atoms with van der Waals surface area (Å²) < 4.78 is 0. The van der Waals surface area contributed by atoms with Crippen molar-refractivity contribution in [2.75, 3.05) is 6.61 Å². The van der Waals surface area contributed by atoms with Crippen LogP contribution in [0.4, 0.5) is 0 Å². The lowest BCUT2D eigenvalue weighted by molar-refractivity contribution is 0.229. The Labute approximate surface area is 148 Å². The molecule has 0 bridgehead atoms. The van der Waals surface area contributed by atoms with Gasteiger partial charge in [-0.2, -0.15) is 0 Å². The highest BCUT2D eigenvalue weighted by Crippen LogP contribution is 2.29. The van der Waals surface area contributed by atoms with E-state index in [-0.39, 0.29) is 6.61 Å². The van der Waals surface area contributed by atoms with E-state index >= 15 is 0 Å². The van der Waals surface area contributed by atoms with Gasteiger partial charge in [-0.25, -0.2) is 0 Å². The Balaban J connectivity index is 1.97. The first kappa shape index (κ1) is 19.2. The van der Waals surface area contributed by atoms with Crippen LogP contribution in [0.15, 0.2) is 23.8 Å². The number of nitrogens with two attached hydrogens (primary N) is 1. The molecule has 0 aliphatic heterocycles. The van der Waals surface area contributed by atoms with Gasteiger partial charge in [0.2, 0.25) is 0 Å². The molecule has 0 spiro atoms. The van der Waals surface area contributed by atoms with E-state index in [2.05, 4.69) is 31.2 Å². The average Bonchev–Trinajstić information content (AvgIpc) is 2.80. The van der Waals surface area contributed by atoms with Crippen molar-refractivity contribution >= 4 is 6.08 Å². The molecule has 2 heteroatoms. The Hall–Kier alpha value is -1.12. The van der Waals surface area contributed by atoms with Gasteiger partial charge in [-0.15, -0.1) is 0 Å². The zero-order valence-corrected chi connectivity index (χ0v) is 15.6. The Morgan fingerprint density at radius 1 is 1.08 bits per heavy atom. The molecule has 1 aliphatic carbocycles. The maximum absolute atomic E-state index is 9.54. The molecule has 1 aliphatic rings. The minimum absolute atomic E-state index is 0.00425. The molecule has 0 aromatic heterocycles. The van der Waals surface area contributed by atoms with Gasteiger partial charge in [0.1, 0.15) is 0 Å². The lowest BCUT2D eigenvalue weighted by Crippen LogP contribution is -2.42. The molecule has 0 heterocycles. The maximum atomic E-state index is 9.54. The summed E-state index contributed by atoms with van der Waals surface area (Å²) in [5, 5.41) is 9.54. The number of aliphatic hydroxyl groups is 1. The Kier molecular flexibility index (Phi) is 7.51. The van der Waals surface area contributed by atoms with E-state index in [4.69, 9.17) is 5.73 Å². The lowest BCUT2D eigenvalue weighted by atomic mass is 9.90. The molecule has 2 nitrogen and oxygen atoms in total. The van der Waals surface area contributed by atoms with Gasteiger partial charge in [0.05, 0.1) is 12.1 Å². The predicted octanol–water partition coefficient (Wildman–Crippen LogP) is 5.02. The largest absolute Gasteiger partial charge is 0.394 e. The SMILES string of the molecule is CCCCCCCCc1ccc2c(c1)CCCC([C@](C)(N)CO)=C2. The van der Waals surface area contributed by atoms with Crippen LogP contribution in [0.25, 0.3) is 6.08 Å². The van der Waals surface area contributed by atoms with Crippen molar-refractivity contribution in [1.29, 1.82) is 0 Å². The molecule has 1 aromatic carbocycles. The quantitative estimate of drug-likeness (QED) is 0.625. The fraction of sp³-hybridized carbons (Fsp3) is 0.636. The predicted molar refractivity (Wildman–Crippen MR) is 104 cm³/mol. The summed E-state index contributed by atoms with van der Waals surface area (Å²) in [6.45, 7) is 4.20. The third-order valence-electron chi connectivity index (χ3n) is 5.31. The number of unbranched alkanes of at least 4 members (excludes halogenated alkanes) is 5. The van der Waals surface area contributed by atoms with E-state index in [9.17, 15) is 5.11 Å². The van der Waals surface area contributed by atoms with Gasteiger partial charge in [-0.3, -0.25) is 0 Å². The third-order valence-corrected chi connectivity index (χ3v) is 5.31. The van der Waals surface area contributed by atoms with Crippen molar-refractivity contribution in [3.63, 3.8) is 0 Å². The van der Waals surface area contributed by atoms with Crippen molar-refractivity contribution in [1.82, 2.24) is 0 Å². The van der Waals surface area contributed by atoms with Crippen LogP contribution in [0.3, 0.4) is 0 Å². The molecule has 0 amide bonds. The standard InChI is InChI=1S/C22H35NO/c1-3-4-5-6-7-8-10-18-13-14-20-16-21(22(2,23)17-24)12-9-11-19(20)15-18/h13-16,24H,3-12,17,23H2,1-2H3/t22-/m1/s1. The maximum Gasteiger partial charge on any atom is 0.0647 e. The highest BCUT2D eigenvalue weighted by molar-refractivity contribution is 5.60. The topological polar surface area (TPSA) is 46.2 Å². The molecule has 0 saturated carbocycles. The van der Waals surface area contributed by atoms with Crippen LogP contribution in [0.5, 0.6) is 0 Å². The molecule has 0 radical (unpaired) electrons. The number of hydrogen-bond donors (Lipinski definition) is 2. The van der Waals surface area contributed by atoms with Gasteiger partial charge in [-0.1, -0.05) is 63.3 Å². The van der Waals surface area contributed by atoms with E-state index in [1.807, 2.05) is 6.92 Å². The molecule has 2 rings (SSSR count). The van der Waals surface area contributed by atoms with E-state index in [1.54, 1.807) is 0 Å². The monoisotopic (exact) mass is 329 g/mol. The highest BCUT2D eigenvalue weighted by Gasteiger charge is 2.24. The first-order valence-corrected chi connectivity index (χ1v) is 9.79. The molecular weight excluding hydrogens is 294 g/mol. The molecule has 24 heavy (non-hydrogen) atoms. The zero-order valence-electron chi connectivity index (χ0n) is 15.6. The molecule has 0 fully saturated rings. The van der Waals surface area contributed by atoms with Gasteiger partial charge in [0, 0.05) is 0 Å². The second-order valence-corrected chi connectivity index (χ2v) is 7.65. The van der Waals surface area contributed by atoms with Crippen LogP contribution in [-0.2, 0) is 12.8 Å². The van der Waals surface area contributed by atoms with Gasteiger partial charge in [0.15, 0.2) is 0 Å². The Bertz CT molecular complexity index is 545. The average molecular weight is 330 g/mol. The summed E-state index contributed by atoms with van der Waals surface area (Å²) in [6.07, 6.45) is 14.7. The first-order valence-electron chi connectivity index (χ1n) is 9.79. The summed E-state index contributed by atoms with van der Waals surface area (Å²) in [5.41, 5.74) is 11.0. The molecule has 1 atom stereocenters. The Morgan fingerprint density at radius 2 is 1.83 bits per heavy atom. The normalized spacial score (nSPS) is 16.9. The third kappa shape index (κ3) is 5.46. The Morgan fingerprint density at radius 3 is 2.58 bits per heavy atom. The minimum atomic E-state index is -0.598. The number of benzene rings is 1. The van der Waals surface area contributed by atoms with Crippen LogP contribution in [0.1, 0.15) is 81.9 Å². The van der Waals surface area contributed by atoms with Crippen LogP contribution < -0.4 is 5.73 Å². The number of aryl methyl sites for hydroxylation is 2. The first-order chi connectivity index (χ1) is 11.6. The number of aliphatic hydroxyl groups excluding tert-OH is 1. The van der Waals surface area contributed by atoms with Crippen molar-refractivity contribution in [2.24, 2.45) is 5.73 Å². The summed E-state index contributed by atoms with van der Waals surface area (Å²) in [5.74, 6) is 0. The molecule has 1 aromatic rings. The number of rotatable bonds is 9. The lowest BCUT2D eigenvalue weighted by Gasteiger charge is -2.25. The van der Waals surface area contributed by atoms with E-state index in [1.165, 1.54) is 67.2 Å². The van der Waals surface area contributed by atoms with E-state index in [0.29, 0.717) is 0 Å². The van der Waals surface area contributed by atoms with Gasteiger partial charge >= 0.3 is 0 Å². The molecular formula is C22H35NO. The fourth-order valence-corrected chi connectivity index (χ4v) is 3.56. The zero-order chi connectivity index (χ0) is 17.4. The minimum Gasteiger partial charge on any atom is -0.394 e. The van der Waals surface area contributed by atoms with Crippen molar-refractivity contribution in [3.05, 3.63) is 40.5 Å². The van der Waals surface area contributed by atoms with Gasteiger partial charge in [0.25, 0.3) is 0 Å². The second kappa shape index (κ2) is 9.39. The molecule has 0 saturated heterocycles. The van der Waals surface area contributed by atoms with E-state index in [0.717, 1.165) is 19.3 Å². The second-order valence-electron chi connectivity index (χ2n) is 7.65. The summed E-state index contributed by atoms with van der Waals surface area (Å²) >= 11 is 0. The van der Waals surface area contributed by atoms with Crippen molar-refractivity contribution in [2.45, 2.75) is 83.6 Å². The van der Waals surface area contributed by atoms with Crippen molar-refractivity contribution in [3.8, 4) is 0 Å². The number of hydrogen-bond acceptors (Lipinski definition) is 2. The van der Waals surface area contributed by atoms with E-state index < -0.39 is 5.54 Å². The molecule has 134 valence electrons. The van der Waals surface area contributed by atoms with Crippen molar-refractivity contribution < 1.29 is 5.11 Å². The fourth-order valence-electron chi connectivity index (χ4n) is 3.56. The summed E-state index contributed by atoms with van der Waals surface area (Å²) in [6, 6.07) is 6.92. The molecule has 0 unspecified atom stereocenters. The van der Waals surface area contributed by atoms with Crippen LogP contribution in [0, 0.1) is 0 Å². The van der Waals surface area contributed by atoms with Gasteiger partial charge in [-0.05, 0) is 61.3 Å². The van der Waals surface area contributed by atoms with Crippen LogP contribution in [-0.4, -0.2) is 17.3 Å². The van der Waals surface area contributed by atoms with Crippen LogP contribution >= 0.6 is 0 Å². The van der Waals surface area contributed by atoms with Crippen LogP contribution in [0.2, 0.25) is 0 Å². The number of fused-ring (bicyclic) bond motifs is 1. The summed E-state index contributed by atoms with van der Waals surface area (Å²) in [7, 11) is 0. The summed E-state index contributed by atoms with van der Waals surface area (Å²) in [4.78, 5) is 0. The highest BCUT2D eigenvalue weighted by atomic mass is 16.3.